The van der Waals surface area contributed by atoms with Crippen molar-refractivity contribution in [3.8, 4) is 11.1 Å². The minimum atomic E-state index is -0.230. The molecule has 0 unspecified atom stereocenters. The molecule has 5 heteroatoms. The number of nitrogens with one attached hydrogen (secondary N) is 1. The highest BCUT2D eigenvalue weighted by atomic mass is 32.1. The zero-order chi connectivity index (χ0) is 14.3. The summed E-state index contributed by atoms with van der Waals surface area (Å²) in [4.78, 5) is 11.1. The second kappa shape index (κ2) is 4.83. The van der Waals surface area contributed by atoms with E-state index in [2.05, 4.69) is 22.2 Å². The summed E-state index contributed by atoms with van der Waals surface area (Å²) in [5.74, 6) is 1.33. The molecular weight excluding hydrogens is 273 g/mol. The van der Waals surface area contributed by atoms with Gasteiger partial charge < -0.3 is 5.32 Å². The maximum absolute atomic E-state index is 13.1. The standard InChI is InChI=1S/C15H14FN3S/c1-8-12(10-4-6-11(16)7-5-10)13-14(17-3)18-9(2)19-15(13)20-8/h4-7H,1-3H3,(H,17,18,19). The molecule has 2 aromatic heterocycles. The zero-order valence-corrected chi connectivity index (χ0v) is 12.3. The van der Waals surface area contributed by atoms with Crippen molar-refractivity contribution in [3.63, 3.8) is 0 Å². The minimum absolute atomic E-state index is 0.230. The number of halogens is 1. The molecule has 0 aliphatic heterocycles. The molecule has 0 amide bonds. The molecule has 102 valence electrons. The fraction of sp³-hybridized carbons (Fsp3) is 0.200. The van der Waals surface area contributed by atoms with Crippen LogP contribution < -0.4 is 5.32 Å². The van der Waals surface area contributed by atoms with Gasteiger partial charge in [0, 0.05) is 17.5 Å². The van der Waals surface area contributed by atoms with Gasteiger partial charge in [-0.25, -0.2) is 14.4 Å². The molecule has 0 bridgehead atoms. The lowest BCUT2D eigenvalue weighted by Gasteiger charge is -2.06. The number of hydrogen-bond acceptors (Lipinski definition) is 4. The lowest BCUT2D eigenvalue weighted by atomic mass is 10.0. The Bertz CT molecular complexity index is 778. The summed E-state index contributed by atoms with van der Waals surface area (Å²) < 4.78 is 13.1. The molecule has 3 rings (SSSR count). The monoisotopic (exact) mass is 287 g/mol. The number of aromatic nitrogens is 2. The number of rotatable bonds is 2. The SMILES string of the molecule is CNc1nc(C)nc2sc(C)c(-c3ccc(F)cc3)c12. The van der Waals surface area contributed by atoms with Crippen LogP contribution >= 0.6 is 11.3 Å². The molecule has 1 N–H and O–H groups in total. The molecule has 0 saturated heterocycles. The van der Waals surface area contributed by atoms with Crippen molar-refractivity contribution in [3.05, 3.63) is 40.8 Å². The van der Waals surface area contributed by atoms with Crippen LogP contribution in [-0.2, 0) is 0 Å². The number of thiophene rings is 1. The Morgan fingerprint density at radius 3 is 2.45 bits per heavy atom. The Kier molecular flexibility index (Phi) is 3.14. The highest BCUT2D eigenvalue weighted by molar-refractivity contribution is 7.19. The second-order valence-corrected chi connectivity index (χ2v) is 5.79. The molecule has 2 heterocycles. The summed E-state index contributed by atoms with van der Waals surface area (Å²) in [5, 5.41) is 4.13. The van der Waals surface area contributed by atoms with Gasteiger partial charge in [0.05, 0.1) is 5.39 Å². The highest BCUT2D eigenvalue weighted by Gasteiger charge is 2.17. The van der Waals surface area contributed by atoms with E-state index in [4.69, 9.17) is 0 Å². The molecule has 0 spiro atoms. The summed E-state index contributed by atoms with van der Waals surface area (Å²) in [6.07, 6.45) is 0. The maximum atomic E-state index is 13.1. The van der Waals surface area contributed by atoms with Gasteiger partial charge >= 0.3 is 0 Å². The van der Waals surface area contributed by atoms with Crippen LogP contribution in [0.25, 0.3) is 21.3 Å². The molecule has 3 nitrogen and oxygen atoms in total. The van der Waals surface area contributed by atoms with Gasteiger partial charge in [-0.1, -0.05) is 12.1 Å². The van der Waals surface area contributed by atoms with Crippen molar-refractivity contribution in [2.24, 2.45) is 0 Å². The topological polar surface area (TPSA) is 37.8 Å². The van der Waals surface area contributed by atoms with Gasteiger partial charge in [-0.2, -0.15) is 0 Å². The predicted molar refractivity (Wildman–Crippen MR) is 81.8 cm³/mol. The van der Waals surface area contributed by atoms with Gasteiger partial charge in [0.25, 0.3) is 0 Å². The van der Waals surface area contributed by atoms with Gasteiger partial charge in [-0.15, -0.1) is 11.3 Å². The van der Waals surface area contributed by atoms with Crippen LogP contribution in [0.1, 0.15) is 10.7 Å². The third-order valence-electron chi connectivity index (χ3n) is 3.21. The smallest absolute Gasteiger partial charge is 0.138 e. The van der Waals surface area contributed by atoms with Gasteiger partial charge in [-0.3, -0.25) is 0 Å². The number of fused-ring (bicyclic) bond motifs is 1. The van der Waals surface area contributed by atoms with Gasteiger partial charge in [0.15, 0.2) is 0 Å². The first-order valence-corrected chi connectivity index (χ1v) is 7.13. The van der Waals surface area contributed by atoms with E-state index in [1.807, 2.05) is 14.0 Å². The number of nitrogens with zero attached hydrogens (tertiary/aromatic N) is 2. The first kappa shape index (κ1) is 13.0. The average molecular weight is 287 g/mol. The van der Waals surface area contributed by atoms with E-state index in [0.717, 1.165) is 37.9 Å². The van der Waals surface area contributed by atoms with E-state index in [9.17, 15) is 4.39 Å². The van der Waals surface area contributed by atoms with Gasteiger partial charge in [-0.05, 0) is 31.5 Å². The van der Waals surface area contributed by atoms with Crippen molar-refractivity contribution in [1.29, 1.82) is 0 Å². The van der Waals surface area contributed by atoms with Gasteiger partial charge in [0.2, 0.25) is 0 Å². The fourth-order valence-electron chi connectivity index (χ4n) is 2.36. The Morgan fingerprint density at radius 1 is 1.10 bits per heavy atom. The Labute approximate surface area is 120 Å². The third-order valence-corrected chi connectivity index (χ3v) is 4.21. The molecule has 1 aromatic carbocycles. The first-order chi connectivity index (χ1) is 9.60. The molecule has 20 heavy (non-hydrogen) atoms. The van der Waals surface area contributed by atoms with Crippen LogP contribution in [0.3, 0.4) is 0 Å². The number of hydrogen-bond donors (Lipinski definition) is 1. The molecule has 0 atom stereocenters. The van der Waals surface area contributed by atoms with Gasteiger partial charge in [0.1, 0.15) is 22.3 Å². The van der Waals surface area contributed by atoms with E-state index in [0.29, 0.717) is 0 Å². The van der Waals surface area contributed by atoms with Crippen LogP contribution in [0.4, 0.5) is 10.2 Å². The van der Waals surface area contributed by atoms with Crippen molar-refractivity contribution >= 4 is 27.4 Å². The average Bonchev–Trinajstić information content (AvgIpc) is 2.74. The van der Waals surface area contributed by atoms with E-state index >= 15 is 0 Å². The summed E-state index contributed by atoms with van der Waals surface area (Å²) in [7, 11) is 1.85. The van der Waals surface area contributed by atoms with Crippen molar-refractivity contribution in [2.45, 2.75) is 13.8 Å². The van der Waals surface area contributed by atoms with E-state index in [-0.39, 0.29) is 5.82 Å². The Hall–Kier alpha value is -2.01. The number of aryl methyl sites for hydroxylation is 2. The normalized spacial score (nSPS) is 11.0. The van der Waals surface area contributed by atoms with Crippen molar-refractivity contribution < 1.29 is 4.39 Å². The number of benzene rings is 1. The van der Waals surface area contributed by atoms with E-state index < -0.39 is 0 Å². The summed E-state index contributed by atoms with van der Waals surface area (Å²) >= 11 is 1.64. The molecule has 0 aliphatic rings. The highest BCUT2D eigenvalue weighted by Crippen LogP contribution is 2.40. The predicted octanol–water partition coefficient (Wildman–Crippen LogP) is 4.16. The molecular formula is C15H14FN3S. The number of anilines is 1. The van der Waals surface area contributed by atoms with Crippen molar-refractivity contribution in [1.82, 2.24) is 9.97 Å². The lowest BCUT2D eigenvalue weighted by molar-refractivity contribution is 0.628. The largest absolute Gasteiger partial charge is 0.372 e. The quantitative estimate of drug-likeness (QED) is 0.769. The molecule has 0 saturated carbocycles. The molecule has 0 fully saturated rings. The molecule has 0 radical (unpaired) electrons. The zero-order valence-electron chi connectivity index (χ0n) is 11.5. The van der Waals surface area contributed by atoms with E-state index in [1.54, 1.807) is 23.5 Å². The van der Waals surface area contributed by atoms with E-state index in [1.165, 1.54) is 12.1 Å². The lowest BCUT2D eigenvalue weighted by Crippen LogP contribution is -1.97. The Balaban J connectivity index is 2.35. The Morgan fingerprint density at radius 2 is 1.80 bits per heavy atom. The summed E-state index contributed by atoms with van der Waals surface area (Å²) in [6.45, 7) is 3.94. The van der Waals surface area contributed by atoms with Crippen molar-refractivity contribution in [2.75, 3.05) is 12.4 Å². The van der Waals surface area contributed by atoms with Crippen LogP contribution in [0.15, 0.2) is 24.3 Å². The fourth-order valence-corrected chi connectivity index (χ4v) is 3.45. The van der Waals surface area contributed by atoms with Crippen LogP contribution in [0.2, 0.25) is 0 Å². The molecule has 3 aromatic rings. The maximum Gasteiger partial charge on any atom is 0.138 e. The second-order valence-electron chi connectivity index (χ2n) is 4.59. The minimum Gasteiger partial charge on any atom is -0.372 e. The molecule has 0 aliphatic carbocycles. The van der Waals surface area contributed by atoms with Crippen LogP contribution in [0.5, 0.6) is 0 Å². The van der Waals surface area contributed by atoms with Crippen LogP contribution in [-0.4, -0.2) is 17.0 Å². The van der Waals surface area contributed by atoms with Crippen LogP contribution in [0, 0.1) is 19.7 Å². The first-order valence-electron chi connectivity index (χ1n) is 6.31. The summed E-state index contributed by atoms with van der Waals surface area (Å²) in [5.41, 5.74) is 2.06. The summed E-state index contributed by atoms with van der Waals surface area (Å²) in [6, 6.07) is 6.55. The third kappa shape index (κ3) is 2.04.